The first-order valence-electron chi connectivity index (χ1n) is 8.18. The van der Waals surface area contributed by atoms with Crippen molar-refractivity contribution in [1.29, 1.82) is 0 Å². The maximum absolute atomic E-state index is 12.0. The molecule has 2 N–H and O–H groups in total. The Kier molecular flexibility index (Phi) is 6.54. The minimum absolute atomic E-state index is 0.150. The van der Waals surface area contributed by atoms with Crippen LogP contribution in [0.2, 0.25) is 0 Å². The molecule has 2 aromatic rings. The fourth-order valence-corrected chi connectivity index (χ4v) is 2.02. The summed E-state index contributed by atoms with van der Waals surface area (Å²) in [4.78, 5) is 20.3. The van der Waals surface area contributed by atoms with Gasteiger partial charge in [-0.1, -0.05) is 13.8 Å². The Morgan fingerprint density at radius 2 is 1.83 bits per heavy atom. The third-order valence-electron chi connectivity index (χ3n) is 3.34. The van der Waals surface area contributed by atoms with Crippen LogP contribution >= 0.6 is 0 Å². The van der Waals surface area contributed by atoms with Crippen molar-refractivity contribution in [1.82, 2.24) is 15.3 Å². The van der Waals surface area contributed by atoms with E-state index in [1.54, 1.807) is 0 Å². The number of amides is 1. The van der Waals surface area contributed by atoms with Gasteiger partial charge in [-0.25, -0.2) is 9.97 Å². The molecule has 0 bridgehead atoms. The summed E-state index contributed by atoms with van der Waals surface area (Å²) in [6.07, 6.45) is 3.99. The second-order valence-corrected chi connectivity index (χ2v) is 5.82. The number of aromatic nitrogens is 2. The molecule has 0 saturated heterocycles. The molecule has 2 rings (SSSR count). The summed E-state index contributed by atoms with van der Waals surface area (Å²) in [7, 11) is 0. The standard InChI is InChI=1S/C18H24N4O2/c1-4-24-16-7-5-15(6-8-16)22-18-20-11-14(12-21-18)17(23)19-10-9-13(2)3/h5-8,11-13H,4,9-10H2,1-3H3,(H,19,23)(H,20,21,22). The summed E-state index contributed by atoms with van der Waals surface area (Å²) >= 11 is 0. The number of rotatable bonds is 8. The SMILES string of the molecule is CCOc1ccc(Nc2ncc(C(=O)NCCC(C)C)cn2)cc1. The summed E-state index contributed by atoms with van der Waals surface area (Å²) < 4.78 is 5.40. The van der Waals surface area contributed by atoms with Crippen LogP contribution in [0.25, 0.3) is 0 Å². The van der Waals surface area contributed by atoms with Gasteiger partial charge in [-0.15, -0.1) is 0 Å². The number of nitrogens with one attached hydrogen (secondary N) is 2. The predicted octanol–water partition coefficient (Wildman–Crippen LogP) is 3.39. The quantitative estimate of drug-likeness (QED) is 0.777. The fourth-order valence-electron chi connectivity index (χ4n) is 2.02. The Bertz CT molecular complexity index is 639. The number of anilines is 2. The molecule has 24 heavy (non-hydrogen) atoms. The Morgan fingerprint density at radius 3 is 2.42 bits per heavy atom. The number of nitrogens with zero attached hydrogens (tertiary/aromatic N) is 2. The molecular weight excluding hydrogens is 304 g/mol. The summed E-state index contributed by atoms with van der Waals surface area (Å²) in [5, 5.41) is 5.95. The molecule has 0 aliphatic heterocycles. The van der Waals surface area contributed by atoms with Gasteiger partial charge >= 0.3 is 0 Å². The second kappa shape index (κ2) is 8.86. The van der Waals surface area contributed by atoms with E-state index in [-0.39, 0.29) is 5.91 Å². The van der Waals surface area contributed by atoms with E-state index in [2.05, 4.69) is 34.4 Å². The molecule has 1 heterocycles. The van der Waals surface area contributed by atoms with Crippen molar-refractivity contribution >= 4 is 17.5 Å². The number of carbonyl (C=O) groups is 1. The van der Waals surface area contributed by atoms with Crippen LogP contribution in [0.5, 0.6) is 5.75 Å². The minimum atomic E-state index is -0.150. The number of ether oxygens (including phenoxy) is 1. The van der Waals surface area contributed by atoms with Crippen LogP contribution < -0.4 is 15.4 Å². The summed E-state index contributed by atoms with van der Waals surface area (Å²) in [6.45, 7) is 7.48. The third-order valence-corrected chi connectivity index (χ3v) is 3.34. The van der Waals surface area contributed by atoms with E-state index in [4.69, 9.17) is 4.74 Å². The minimum Gasteiger partial charge on any atom is -0.494 e. The average molecular weight is 328 g/mol. The second-order valence-electron chi connectivity index (χ2n) is 5.82. The van der Waals surface area contributed by atoms with Crippen molar-refractivity contribution in [3.05, 3.63) is 42.2 Å². The van der Waals surface area contributed by atoms with Gasteiger partial charge in [0.1, 0.15) is 5.75 Å². The van der Waals surface area contributed by atoms with Gasteiger partial charge in [0.2, 0.25) is 5.95 Å². The van der Waals surface area contributed by atoms with E-state index in [0.29, 0.717) is 30.6 Å². The van der Waals surface area contributed by atoms with E-state index in [1.807, 2.05) is 31.2 Å². The van der Waals surface area contributed by atoms with Crippen LogP contribution in [0, 0.1) is 5.92 Å². The van der Waals surface area contributed by atoms with Crippen molar-refractivity contribution in [3.8, 4) is 5.75 Å². The lowest BCUT2D eigenvalue weighted by molar-refractivity contribution is 0.0951. The normalized spacial score (nSPS) is 10.5. The molecule has 0 atom stereocenters. The van der Waals surface area contributed by atoms with E-state index in [9.17, 15) is 4.79 Å². The summed E-state index contributed by atoms with van der Waals surface area (Å²) in [6, 6.07) is 7.53. The Morgan fingerprint density at radius 1 is 1.17 bits per heavy atom. The molecule has 0 radical (unpaired) electrons. The largest absolute Gasteiger partial charge is 0.494 e. The smallest absolute Gasteiger partial charge is 0.254 e. The van der Waals surface area contributed by atoms with Crippen molar-refractivity contribution < 1.29 is 9.53 Å². The number of benzene rings is 1. The molecule has 1 aromatic heterocycles. The monoisotopic (exact) mass is 328 g/mol. The summed E-state index contributed by atoms with van der Waals surface area (Å²) in [5.74, 6) is 1.67. The molecular formula is C18H24N4O2. The first-order valence-corrected chi connectivity index (χ1v) is 8.18. The first kappa shape index (κ1) is 17.7. The van der Waals surface area contributed by atoms with Crippen LogP contribution in [0.1, 0.15) is 37.6 Å². The van der Waals surface area contributed by atoms with Crippen molar-refractivity contribution in [2.24, 2.45) is 5.92 Å². The van der Waals surface area contributed by atoms with Gasteiger partial charge in [-0.2, -0.15) is 0 Å². The van der Waals surface area contributed by atoms with Gasteiger partial charge in [-0.05, 0) is 43.5 Å². The highest BCUT2D eigenvalue weighted by Crippen LogP contribution is 2.18. The highest BCUT2D eigenvalue weighted by atomic mass is 16.5. The predicted molar refractivity (Wildman–Crippen MR) is 94.7 cm³/mol. The van der Waals surface area contributed by atoms with Gasteiger partial charge < -0.3 is 15.4 Å². The number of hydrogen-bond acceptors (Lipinski definition) is 5. The third kappa shape index (κ3) is 5.53. The Labute approximate surface area is 142 Å². The molecule has 1 amide bonds. The molecule has 0 aliphatic carbocycles. The van der Waals surface area contributed by atoms with Gasteiger partial charge in [0.15, 0.2) is 0 Å². The first-order chi connectivity index (χ1) is 11.6. The molecule has 6 heteroatoms. The van der Waals surface area contributed by atoms with Gasteiger partial charge in [0.25, 0.3) is 5.91 Å². The molecule has 0 aliphatic rings. The molecule has 0 saturated carbocycles. The van der Waals surface area contributed by atoms with Crippen molar-refractivity contribution in [2.45, 2.75) is 27.2 Å². The maximum Gasteiger partial charge on any atom is 0.254 e. The van der Waals surface area contributed by atoms with Crippen LogP contribution in [-0.2, 0) is 0 Å². The number of hydrogen-bond donors (Lipinski definition) is 2. The van der Waals surface area contributed by atoms with Crippen molar-refractivity contribution in [2.75, 3.05) is 18.5 Å². The molecule has 0 fully saturated rings. The maximum atomic E-state index is 12.0. The summed E-state index contributed by atoms with van der Waals surface area (Å²) in [5.41, 5.74) is 1.31. The fraction of sp³-hybridized carbons (Fsp3) is 0.389. The van der Waals surface area contributed by atoms with E-state index in [0.717, 1.165) is 17.9 Å². The van der Waals surface area contributed by atoms with E-state index < -0.39 is 0 Å². The lowest BCUT2D eigenvalue weighted by atomic mass is 10.1. The highest BCUT2D eigenvalue weighted by molar-refractivity contribution is 5.93. The lowest BCUT2D eigenvalue weighted by Gasteiger charge is -2.08. The van der Waals surface area contributed by atoms with Crippen molar-refractivity contribution in [3.63, 3.8) is 0 Å². The molecule has 0 spiro atoms. The zero-order valence-electron chi connectivity index (χ0n) is 14.4. The number of carbonyl (C=O) groups excluding carboxylic acids is 1. The topological polar surface area (TPSA) is 76.1 Å². The van der Waals surface area contributed by atoms with Crippen LogP contribution in [-0.4, -0.2) is 29.0 Å². The average Bonchev–Trinajstić information content (AvgIpc) is 2.57. The van der Waals surface area contributed by atoms with Crippen LogP contribution in [0.15, 0.2) is 36.7 Å². The molecule has 0 unspecified atom stereocenters. The lowest BCUT2D eigenvalue weighted by Crippen LogP contribution is -2.25. The van der Waals surface area contributed by atoms with Gasteiger partial charge in [-0.3, -0.25) is 4.79 Å². The molecule has 1 aromatic carbocycles. The van der Waals surface area contributed by atoms with Crippen LogP contribution in [0.4, 0.5) is 11.6 Å². The Balaban J connectivity index is 1.90. The molecule has 6 nitrogen and oxygen atoms in total. The molecule has 128 valence electrons. The van der Waals surface area contributed by atoms with Gasteiger partial charge in [0, 0.05) is 24.6 Å². The van der Waals surface area contributed by atoms with E-state index >= 15 is 0 Å². The zero-order valence-corrected chi connectivity index (χ0v) is 14.4. The Hall–Kier alpha value is -2.63. The highest BCUT2D eigenvalue weighted by Gasteiger charge is 2.07. The zero-order chi connectivity index (χ0) is 17.4. The van der Waals surface area contributed by atoms with E-state index in [1.165, 1.54) is 12.4 Å². The van der Waals surface area contributed by atoms with Crippen LogP contribution in [0.3, 0.4) is 0 Å². The van der Waals surface area contributed by atoms with Gasteiger partial charge in [0.05, 0.1) is 12.2 Å².